The molecule has 0 radical (unpaired) electrons. The summed E-state index contributed by atoms with van der Waals surface area (Å²) in [7, 11) is 4.19. The van der Waals surface area contributed by atoms with Gasteiger partial charge in [-0.1, -0.05) is 0 Å². The molecular weight excluding hydrogens is 708 g/mol. The monoisotopic (exact) mass is 758 g/mol. The summed E-state index contributed by atoms with van der Waals surface area (Å²) in [6, 6.07) is 55.0. The molecule has 7 heteroatoms. The standard InChI is InChI=1S/C9H14N.C9H11O2.C7H10N.3C5H5.3Fe/c1-8(10(2)3)9-6-4-5-7-9;1-7(11-8(2)10)9-5-3-4-6-9;1-6(8)7-4-2-3-5-7;3*1-2-4-5-3-1;;;/h4-8H,1-3H3;3-7H,1-2H3;2-6H,8H2,1H3;3*1-5H;;;/q6*-1;3*+2/t8-;7-;6-;;;;;;/m111....../s1. The summed E-state index contributed by atoms with van der Waals surface area (Å²) >= 11 is 0. The quantitative estimate of drug-likeness (QED) is 0.108. The van der Waals surface area contributed by atoms with Crippen LogP contribution in [0.1, 0.15) is 62.6 Å². The van der Waals surface area contributed by atoms with E-state index in [1.54, 1.807) is 0 Å². The Balaban J connectivity index is -0.000000501. The molecule has 0 amide bonds. The van der Waals surface area contributed by atoms with Crippen molar-refractivity contribution < 1.29 is 60.7 Å². The molecule has 0 saturated heterocycles. The Labute approximate surface area is 315 Å². The van der Waals surface area contributed by atoms with Crippen LogP contribution in [-0.4, -0.2) is 25.0 Å². The Bertz CT molecular complexity index is 1210. The molecular formula is C40H50Fe3N2O2. The molecule has 0 bridgehead atoms. The molecule has 6 rings (SSSR count). The third-order valence-electron chi connectivity index (χ3n) is 6.33. The predicted molar refractivity (Wildman–Crippen MR) is 187 cm³/mol. The van der Waals surface area contributed by atoms with Crippen molar-refractivity contribution in [2.75, 3.05) is 14.1 Å². The molecule has 3 atom stereocenters. The average molecular weight is 758 g/mol. The van der Waals surface area contributed by atoms with Crippen molar-refractivity contribution in [3.05, 3.63) is 180 Å². The molecule has 6 aromatic carbocycles. The smallest absolute Gasteiger partial charge is 0.460 e. The number of hydrogen-bond donors (Lipinski definition) is 1. The maximum Gasteiger partial charge on any atom is 2.00 e. The van der Waals surface area contributed by atoms with Gasteiger partial charge >= 0.3 is 57.2 Å². The van der Waals surface area contributed by atoms with Crippen LogP contribution < -0.4 is 5.73 Å². The Morgan fingerprint density at radius 2 is 0.936 bits per heavy atom. The number of nitrogens with two attached hydrogens (primary N) is 1. The first-order valence-electron chi connectivity index (χ1n) is 15.0. The Morgan fingerprint density at radius 1 is 0.596 bits per heavy atom. The van der Waals surface area contributed by atoms with Gasteiger partial charge in [0.2, 0.25) is 0 Å². The zero-order chi connectivity index (χ0) is 32.4. The van der Waals surface area contributed by atoms with Crippen molar-refractivity contribution >= 4 is 5.97 Å². The van der Waals surface area contributed by atoms with Crippen LogP contribution in [0, 0.1) is 0 Å². The third kappa shape index (κ3) is 25.8. The van der Waals surface area contributed by atoms with Crippen LogP contribution in [0.2, 0.25) is 0 Å². The molecule has 0 unspecified atom stereocenters. The Morgan fingerprint density at radius 3 is 1.15 bits per heavy atom. The Hall–Kier alpha value is -2.95. The molecule has 0 aliphatic carbocycles. The van der Waals surface area contributed by atoms with Gasteiger partial charge in [0.1, 0.15) is 6.10 Å². The molecule has 256 valence electrons. The largest absolute Gasteiger partial charge is 2.00 e. The van der Waals surface area contributed by atoms with Crippen LogP contribution >= 0.6 is 0 Å². The fourth-order valence-corrected chi connectivity index (χ4v) is 3.60. The number of carbonyl (C=O) groups is 1. The van der Waals surface area contributed by atoms with Crippen molar-refractivity contribution in [1.29, 1.82) is 0 Å². The Kier molecular flexibility index (Phi) is 32.6. The van der Waals surface area contributed by atoms with Gasteiger partial charge in [-0.2, -0.15) is 102 Å². The third-order valence-corrected chi connectivity index (χ3v) is 6.33. The average Bonchev–Trinajstić information content (AvgIpc) is 3.88. The molecule has 0 aliphatic rings. The fourth-order valence-electron chi connectivity index (χ4n) is 3.60. The maximum atomic E-state index is 10.5. The van der Waals surface area contributed by atoms with E-state index in [0.29, 0.717) is 6.04 Å². The van der Waals surface area contributed by atoms with Crippen LogP contribution in [0.3, 0.4) is 0 Å². The second-order valence-corrected chi connectivity index (χ2v) is 10.2. The van der Waals surface area contributed by atoms with E-state index in [0.717, 1.165) is 5.56 Å². The number of ether oxygens (including phenoxy) is 1. The summed E-state index contributed by atoms with van der Waals surface area (Å²) in [6.45, 7) is 7.46. The molecule has 2 N–H and O–H groups in total. The SMILES string of the molecule is CC(=O)O[C@H](C)c1ccc[cH-]1.C[C@@H](N)c1ccc[cH-]1.C[C@H](c1ccc[cH-]1)N(C)C.[Fe+2].[Fe+2].[Fe+2].c1cc[cH-]c1.c1cc[cH-]c1.c1cc[cH-]c1. The summed E-state index contributed by atoms with van der Waals surface area (Å²) in [4.78, 5) is 12.7. The first-order chi connectivity index (χ1) is 21.2. The van der Waals surface area contributed by atoms with Gasteiger partial charge in [0.25, 0.3) is 0 Å². The molecule has 0 saturated carbocycles. The van der Waals surface area contributed by atoms with E-state index in [1.165, 1.54) is 18.1 Å². The number of rotatable bonds is 5. The van der Waals surface area contributed by atoms with E-state index in [2.05, 4.69) is 50.2 Å². The minimum absolute atomic E-state index is 0. The zero-order valence-electron chi connectivity index (χ0n) is 28.2. The molecule has 0 heterocycles. The van der Waals surface area contributed by atoms with Crippen molar-refractivity contribution in [3.63, 3.8) is 0 Å². The number of hydrogen-bond acceptors (Lipinski definition) is 4. The molecule has 0 aromatic heterocycles. The van der Waals surface area contributed by atoms with Gasteiger partial charge in [0.15, 0.2) is 0 Å². The van der Waals surface area contributed by atoms with Gasteiger partial charge in [0.05, 0.1) is 0 Å². The summed E-state index contributed by atoms with van der Waals surface area (Å²) < 4.78 is 4.96. The fraction of sp³-hybridized carbons (Fsp3) is 0.225. The number of esters is 1. The zero-order valence-corrected chi connectivity index (χ0v) is 31.5. The second-order valence-electron chi connectivity index (χ2n) is 10.2. The van der Waals surface area contributed by atoms with Crippen molar-refractivity contribution in [3.8, 4) is 0 Å². The molecule has 4 nitrogen and oxygen atoms in total. The van der Waals surface area contributed by atoms with E-state index in [4.69, 9.17) is 10.5 Å². The van der Waals surface area contributed by atoms with Crippen LogP contribution in [0.15, 0.2) is 164 Å². The first kappa shape index (κ1) is 48.4. The summed E-state index contributed by atoms with van der Waals surface area (Å²) in [5, 5.41) is 0. The first-order valence-corrected chi connectivity index (χ1v) is 15.0. The predicted octanol–water partition coefficient (Wildman–Crippen LogP) is 9.69. The summed E-state index contributed by atoms with van der Waals surface area (Å²) in [5.74, 6) is -0.237. The normalized spacial score (nSPS) is 10.8. The van der Waals surface area contributed by atoms with Gasteiger partial charge in [-0.15, -0.1) is 5.56 Å². The van der Waals surface area contributed by atoms with Gasteiger partial charge in [-0.25, -0.2) is 72.8 Å². The van der Waals surface area contributed by atoms with Gasteiger partial charge in [0, 0.05) is 19.0 Å². The van der Waals surface area contributed by atoms with Crippen LogP contribution in [0.5, 0.6) is 0 Å². The molecule has 0 aliphatic heterocycles. The van der Waals surface area contributed by atoms with Crippen molar-refractivity contribution in [2.45, 2.75) is 45.9 Å². The van der Waals surface area contributed by atoms with E-state index in [-0.39, 0.29) is 69.3 Å². The van der Waals surface area contributed by atoms with Gasteiger partial charge in [-0.3, -0.25) is 4.79 Å². The van der Waals surface area contributed by atoms with Crippen LogP contribution in [-0.2, 0) is 60.7 Å². The van der Waals surface area contributed by atoms with E-state index < -0.39 is 0 Å². The summed E-state index contributed by atoms with van der Waals surface area (Å²) in [6.07, 6.45) is -0.123. The van der Waals surface area contributed by atoms with E-state index >= 15 is 0 Å². The van der Waals surface area contributed by atoms with Crippen LogP contribution in [0.4, 0.5) is 0 Å². The molecule has 6 aromatic rings. The minimum Gasteiger partial charge on any atom is -0.460 e. The van der Waals surface area contributed by atoms with E-state index in [1.807, 2.05) is 153 Å². The van der Waals surface area contributed by atoms with Crippen LogP contribution in [0.25, 0.3) is 0 Å². The molecule has 0 fully saturated rings. The topological polar surface area (TPSA) is 55.6 Å². The van der Waals surface area contributed by atoms with E-state index in [9.17, 15) is 4.79 Å². The van der Waals surface area contributed by atoms with Crippen molar-refractivity contribution in [1.82, 2.24) is 4.90 Å². The summed E-state index contributed by atoms with van der Waals surface area (Å²) in [5.41, 5.74) is 9.21. The van der Waals surface area contributed by atoms with Gasteiger partial charge in [-0.05, 0) is 34.9 Å². The number of carbonyl (C=O) groups excluding carboxylic acids is 1. The molecule has 0 spiro atoms. The number of nitrogens with zero attached hydrogens (tertiary/aromatic N) is 1. The molecule has 47 heavy (non-hydrogen) atoms. The second kappa shape index (κ2) is 31.6. The maximum absolute atomic E-state index is 10.5. The minimum atomic E-state index is -0.237. The van der Waals surface area contributed by atoms with Gasteiger partial charge < -0.3 is 15.4 Å². The van der Waals surface area contributed by atoms with Crippen molar-refractivity contribution in [2.24, 2.45) is 5.73 Å².